The van der Waals surface area contributed by atoms with Crippen LogP contribution in [0.1, 0.15) is 0 Å². The lowest BCUT2D eigenvalue weighted by Crippen LogP contribution is -1.98. The molecule has 0 aliphatic heterocycles. The molecule has 2 aromatic carbocycles. The molecule has 3 rings (SSSR count). The molecule has 1 amide bonds. The van der Waals surface area contributed by atoms with Crippen LogP contribution < -0.4 is 5.32 Å². The number of para-hydroxylation sites is 1. The van der Waals surface area contributed by atoms with E-state index in [9.17, 15) is 4.79 Å². The number of fused-ring (bicyclic) bond motifs is 1. The molecule has 0 unspecified atom stereocenters. The van der Waals surface area contributed by atoms with Crippen molar-refractivity contribution in [1.82, 2.24) is 15.0 Å². The molecule has 0 fully saturated rings. The molecule has 0 aliphatic carbocycles. The summed E-state index contributed by atoms with van der Waals surface area (Å²) in [6.45, 7) is 0. The van der Waals surface area contributed by atoms with Crippen molar-refractivity contribution in [3.63, 3.8) is 0 Å². The van der Waals surface area contributed by atoms with E-state index in [1.54, 1.807) is 4.68 Å². The lowest BCUT2D eigenvalue weighted by atomic mass is 10.2. The highest BCUT2D eigenvalue weighted by atomic mass is 16.1. The quantitative estimate of drug-likeness (QED) is 0.710. The van der Waals surface area contributed by atoms with Crippen LogP contribution in [0.3, 0.4) is 0 Å². The van der Waals surface area contributed by atoms with Crippen LogP contribution >= 0.6 is 0 Å². The molecule has 0 spiro atoms. The summed E-state index contributed by atoms with van der Waals surface area (Å²) in [7, 11) is 0. The molecule has 88 valence electrons. The summed E-state index contributed by atoms with van der Waals surface area (Å²) in [6, 6.07) is 15.2. The molecule has 18 heavy (non-hydrogen) atoms. The van der Waals surface area contributed by atoms with Crippen molar-refractivity contribution in [1.29, 1.82) is 0 Å². The van der Waals surface area contributed by atoms with Gasteiger partial charge in [-0.25, -0.2) is 4.68 Å². The Hall–Kier alpha value is -2.69. The van der Waals surface area contributed by atoms with Crippen LogP contribution in [0.4, 0.5) is 5.69 Å². The van der Waals surface area contributed by atoms with E-state index in [1.165, 1.54) is 0 Å². The second kappa shape index (κ2) is 4.29. The average Bonchev–Trinajstić information content (AvgIpc) is 2.84. The van der Waals surface area contributed by atoms with E-state index in [0.717, 1.165) is 22.4 Å². The number of amides is 1. The zero-order valence-electron chi connectivity index (χ0n) is 9.45. The van der Waals surface area contributed by atoms with Gasteiger partial charge in [-0.05, 0) is 36.4 Å². The van der Waals surface area contributed by atoms with Crippen molar-refractivity contribution >= 4 is 23.1 Å². The van der Waals surface area contributed by atoms with Crippen molar-refractivity contribution in [2.45, 2.75) is 0 Å². The van der Waals surface area contributed by atoms with Crippen LogP contribution in [-0.2, 0) is 4.79 Å². The van der Waals surface area contributed by atoms with Crippen LogP contribution in [0.25, 0.3) is 16.7 Å². The SMILES string of the molecule is O=CNc1ccc(-n2nnc3ccccc32)cc1. The smallest absolute Gasteiger partial charge is 0.211 e. The molecule has 1 N–H and O–H groups in total. The predicted octanol–water partition coefficient (Wildman–Crippen LogP) is 1.99. The highest BCUT2D eigenvalue weighted by Crippen LogP contribution is 2.17. The van der Waals surface area contributed by atoms with Crippen LogP contribution in [0.5, 0.6) is 0 Å². The van der Waals surface area contributed by atoms with Crippen LogP contribution in [0.15, 0.2) is 48.5 Å². The molecule has 0 atom stereocenters. The monoisotopic (exact) mass is 238 g/mol. The van der Waals surface area contributed by atoms with Crippen molar-refractivity contribution < 1.29 is 4.79 Å². The normalized spacial score (nSPS) is 10.4. The number of anilines is 1. The summed E-state index contributed by atoms with van der Waals surface area (Å²) in [5, 5.41) is 10.8. The maximum atomic E-state index is 10.3. The number of carbonyl (C=O) groups excluding carboxylic acids is 1. The van der Waals surface area contributed by atoms with Gasteiger partial charge in [0.05, 0.1) is 11.2 Å². The molecule has 3 aromatic rings. The lowest BCUT2D eigenvalue weighted by Gasteiger charge is -2.03. The zero-order valence-corrected chi connectivity index (χ0v) is 9.45. The fraction of sp³-hybridized carbons (Fsp3) is 0. The fourth-order valence-electron chi connectivity index (χ4n) is 1.83. The van der Waals surface area contributed by atoms with Gasteiger partial charge in [-0.2, -0.15) is 0 Å². The van der Waals surface area contributed by atoms with Gasteiger partial charge >= 0.3 is 0 Å². The number of hydrogen-bond donors (Lipinski definition) is 1. The summed E-state index contributed by atoms with van der Waals surface area (Å²) in [5.41, 5.74) is 3.46. The Morgan fingerprint density at radius 1 is 1.06 bits per heavy atom. The molecule has 1 aromatic heterocycles. The highest BCUT2D eigenvalue weighted by molar-refractivity contribution is 5.76. The van der Waals surface area contributed by atoms with Gasteiger partial charge in [0.2, 0.25) is 6.41 Å². The zero-order chi connectivity index (χ0) is 12.4. The van der Waals surface area contributed by atoms with Gasteiger partial charge in [-0.15, -0.1) is 5.10 Å². The first-order valence-electron chi connectivity index (χ1n) is 5.49. The largest absolute Gasteiger partial charge is 0.329 e. The Morgan fingerprint density at radius 2 is 1.83 bits per heavy atom. The third kappa shape index (κ3) is 1.71. The molecule has 0 radical (unpaired) electrons. The van der Waals surface area contributed by atoms with Crippen molar-refractivity contribution in [2.75, 3.05) is 5.32 Å². The van der Waals surface area contributed by atoms with Crippen LogP contribution in [0, 0.1) is 0 Å². The Bertz CT molecular complexity index is 688. The molecule has 0 bridgehead atoms. The number of rotatable bonds is 3. The van der Waals surface area contributed by atoms with E-state index in [0.29, 0.717) is 6.41 Å². The van der Waals surface area contributed by atoms with Gasteiger partial charge in [-0.1, -0.05) is 17.3 Å². The number of hydrogen-bond acceptors (Lipinski definition) is 3. The summed E-state index contributed by atoms with van der Waals surface area (Å²) < 4.78 is 1.76. The van der Waals surface area contributed by atoms with Gasteiger partial charge in [-0.3, -0.25) is 4.79 Å². The topological polar surface area (TPSA) is 59.8 Å². The Balaban J connectivity index is 2.06. The van der Waals surface area contributed by atoms with E-state index < -0.39 is 0 Å². The van der Waals surface area contributed by atoms with Gasteiger partial charge in [0.25, 0.3) is 0 Å². The van der Waals surface area contributed by atoms with Gasteiger partial charge in [0.15, 0.2) is 0 Å². The number of aromatic nitrogens is 3. The Morgan fingerprint density at radius 3 is 2.61 bits per heavy atom. The second-order valence-electron chi connectivity index (χ2n) is 3.80. The first kappa shape index (κ1) is 10.5. The molecule has 0 aliphatic rings. The standard InChI is InChI=1S/C13H10N4O/c18-9-14-10-5-7-11(8-6-10)17-13-4-2-1-3-12(13)15-16-17/h1-9H,(H,14,18). The molecular formula is C13H10N4O. The second-order valence-corrected chi connectivity index (χ2v) is 3.80. The first-order chi connectivity index (χ1) is 8.88. The minimum absolute atomic E-state index is 0.653. The maximum Gasteiger partial charge on any atom is 0.211 e. The van der Waals surface area contributed by atoms with Crippen LogP contribution in [-0.4, -0.2) is 21.4 Å². The Kier molecular flexibility index (Phi) is 2.49. The molecular weight excluding hydrogens is 228 g/mol. The Labute approximate surface area is 103 Å². The predicted molar refractivity (Wildman–Crippen MR) is 68.6 cm³/mol. The van der Waals surface area contributed by atoms with E-state index in [4.69, 9.17) is 0 Å². The van der Waals surface area contributed by atoms with Crippen molar-refractivity contribution in [2.24, 2.45) is 0 Å². The molecule has 1 heterocycles. The van der Waals surface area contributed by atoms with E-state index in [1.807, 2.05) is 48.5 Å². The van der Waals surface area contributed by atoms with Gasteiger partial charge in [0.1, 0.15) is 5.52 Å². The number of nitrogens with one attached hydrogen (secondary N) is 1. The number of carbonyl (C=O) groups is 1. The number of benzene rings is 2. The molecule has 0 saturated heterocycles. The average molecular weight is 238 g/mol. The van der Waals surface area contributed by atoms with Crippen molar-refractivity contribution in [3.8, 4) is 5.69 Å². The third-order valence-corrected chi connectivity index (χ3v) is 2.69. The summed E-state index contributed by atoms with van der Waals surface area (Å²) in [5.74, 6) is 0. The lowest BCUT2D eigenvalue weighted by molar-refractivity contribution is -0.105. The van der Waals surface area contributed by atoms with Gasteiger partial charge < -0.3 is 5.32 Å². The van der Waals surface area contributed by atoms with E-state index in [2.05, 4.69) is 15.6 Å². The third-order valence-electron chi connectivity index (χ3n) is 2.69. The molecule has 5 heteroatoms. The maximum absolute atomic E-state index is 10.3. The summed E-state index contributed by atoms with van der Waals surface area (Å²) in [4.78, 5) is 10.3. The molecule has 0 saturated carbocycles. The number of nitrogens with zero attached hydrogens (tertiary/aromatic N) is 3. The van der Waals surface area contributed by atoms with Crippen LogP contribution in [0.2, 0.25) is 0 Å². The highest BCUT2D eigenvalue weighted by Gasteiger charge is 2.04. The van der Waals surface area contributed by atoms with Crippen molar-refractivity contribution in [3.05, 3.63) is 48.5 Å². The molecule has 5 nitrogen and oxygen atoms in total. The van der Waals surface area contributed by atoms with E-state index in [-0.39, 0.29) is 0 Å². The summed E-state index contributed by atoms with van der Waals surface area (Å²) >= 11 is 0. The fourth-order valence-corrected chi connectivity index (χ4v) is 1.83. The van der Waals surface area contributed by atoms with Gasteiger partial charge in [0, 0.05) is 5.69 Å². The minimum atomic E-state index is 0.653. The first-order valence-corrected chi connectivity index (χ1v) is 5.49. The van der Waals surface area contributed by atoms with E-state index >= 15 is 0 Å². The minimum Gasteiger partial charge on any atom is -0.329 e. The summed E-state index contributed by atoms with van der Waals surface area (Å²) in [6.07, 6.45) is 0.653.